The molecule has 1 heterocycles. The van der Waals surface area contributed by atoms with Gasteiger partial charge in [0.2, 0.25) is 0 Å². The van der Waals surface area contributed by atoms with Gasteiger partial charge in [-0.3, -0.25) is 0 Å². The number of benzene rings is 1. The molecule has 5 heteroatoms. The number of pyridine rings is 1. The van der Waals surface area contributed by atoms with E-state index in [1.165, 1.54) is 18.3 Å². The van der Waals surface area contributed by atoms with Crippen molar-refractivity contribution in [2.45, 2.75) is 0 Å². The van der Waals surface area contributed by atoms with Crippen LogP contribution in [0.15, 0.2) is 42.6 Å². The van der Waals surface area contributed by atoms with E-state index in [0.717, 1.165) is 11.4 Å². The third-order valence-electron chi connectivity index (χ3n) is 2.64. The van der Waals surface area contributed by atoms with Gasteiger partial charge in [0.15, 0.2) is 0 Å². The molecule has 0 saturated carbocycles. The van der Waals surface area contributed by atoms with E-state index in [2.05, 4.69) is 10.3 Å². The highest BCUT2D eigenvalue weighted by Crippen LogP contribution is 2.20. The van der Waals surface area contributed by atoms with Crippen LogP contribution >= 0.6 is 0 Å². The summed E-state index contributed by atoms with van der Waals surface area (Å²) in [5, 5.41) is 12.0. The van der Waals surface area contributed by atoms with Crippen LogP contribution in [0.3, 0.4) is 0 Å². The van der Waals surface area contributed by atoms with Gasteiger partial charge in [0, 0.05) is 31.7 Å². The van der Waals surface area contributed by atoms with Crippen LogP contribution in [0, 0.1) is 0 Å². The van der Waals surface area contributed by atoms with E-state index in [4.69, 9.17) is 5.11 Å². The van der Waals surface area contributed by atoms with Gasteiger partial charge in [-0.25, -0.2) is 9.78 Å². The fourth-order valence-corrected chi connectivity index (χ4v) is 1.64. The first-order valence-electron chi connectivity index (χ1n) is 5.80. The van der Waals surface area contributed by atoms with E-state index in [-0.39, 0.29) is 5.56 Å². The quantitative estimate of drug-likeness (QED) is 0.881. The molecule has 0 radical (unpaired) electrons. The number of rotatable bonds is 4. The van der Waals surface area contributed by atoms with Crippen LogP contribution < -0.4 is 10.2 Å². The van der Waals surface area contributed by atoms with Crippen LogP contribution in [0.2, 0.25) is 0 Å². The average molecular weight is 257 g/mol. The Labute approximate surface area is 111 Å². The standard InChI is InChI=1S/C14H15N3O2/c1-17(2)12-5-3-4-11(9-12)16-13-8-10(14(18)19)6-7-15-13/h3-9H,1-2H3,(H,15,16)(H,18,19). The summed E-state index contributed by atoms with van der Waals surface area (Å²) in [5.41, 5.74) is 2.13. The molecule has 0 atom stereocenters. The Bertz CT molecular complexity index is 597. The fourth-order valence-electron chi connectivity index (χ4n) is 1.64. The SMILES string of the molecule is CN(C)c1cccc(Nc2cc(C(=O)O)ccn2)c1. The summed E-state index contributed by atoms with van der Waals surface area (Å²) in [5.74, 6) is -0.455. The maximum absolute atomic E-state index is 10.9. The molecule has 98 valence electrons. The Morgan fingerprint density at radius 1 is 1.26 bits per heavy atom. The molecule has 0 unspecified atom stereocenters. The number of nitrogens with zero attached hydrogens (tertiary/aromatic N) is 2. The van der Waals surface area contributed by atoms with Crippen LogP contribution in [0.25, 0.3) is 0 Å². The minimum absolute atomic E-state index is 0.210. The Kier molecular flexibility index (Phi) is 3.66. The van der Waals surface area contributed by atoms with Crippen molar-refractivity contribution in [2.24, 2.45) is 0 Å². The summed E-state index contributed by atoms with van der Waals surface area (Å²) in [6.07, 6.45) is 1.47. The first kappa shape index (κ1) is 12.9. The molecule has 0 fully saturated rings. The van der Waals surface area contributed by atoms with Crippen molar-refractivity contribution in [3.63, 3.8) is 0 Å². The van der Waals surface area contributed by atoms with Crippen LogP contribution in [0.1, 0.15) is 10.4 Å². The lowest BCUT2D eigenvalue weighted by molar-refractivity contribution is 0.0697. The van der Waals surface area contributed by atoms with Gasteiger partial charge in [-0.05, 0) is 30.3 Å². The Balaban J connectivity index is 2.23. The second-order valence-corrected chi connectivity index (χ2v) is 4.30. The van der Waals surface area contributed by atoms with Crippen molar-refractivity contribution in [1.29, 1.82) is 0 Å². The number of carboxylic acids is 1. The lowest BCUT2D eigenvalue weighted by atomic mass is 10.2. The zero-order valence-electron chi connectivity index (χ0n) is 10.8. The zero-order valence-corrected chi connectivity index (χ0v) is 10.8. The average Bonchev–Trinajstić information content (AvgIpc) is 2.39. The monoisotopic (exact) mass is 257 g/mol. The maximum Gasteiger partial charge on any atom is 0.335 e. The van der Waals surface area contributed by atoms with Crippen molar-refractivity contribution in [3.05, 3.63) is 48.2 Å². The topological polar surface area (TPSA) is 65.5 Å². The Morgan fingerprint density at radius 3 is 2.74 bits per heavy atom. The van der Waals surface area contributed by atoms with E-state index < -0.39 is 5.97 Å². The molecule has 0 aliphatic carbocycles. The maximum atomic E-state index is 10.9. The minimum atomic E-state index is -0.965. The van der Waals surface area contributed by atoms with E-state index in [1.54, 1.807) is 0 Å². The van der Waals surface area contributed by atoms with Gasteiger partial charge in [-0.1, -0.05) is 6.07 Å². The van der Waals surface area contributed by atoms with Crippen LogP contribution in [0.4, 0.5) is 17.2 Å². The number of aromatic nitrogens is 1. The van der Waals surface area contributed by atoms with Crippen molar-refractivity contribution >= 4 is 23.2 Å². The van der Waals surface area contributed by atoms with Crippen LogP contribution in [-0.2, 0) is 0 Å². The third kappa shape index (κ3) is 3.22. The Hall–Kier alpha value is -2.56. The first-order valence-corrected chi connectivity index (χ1v) is 5.80. The highest BCUT2D eigenvalue weighted by Gasteiger charge is 2.05. The summed E-state index contributed by atoms with van der Waals surface area (Å²) in [6, 6.07) is 10.8. The molecule has 0 bridgehead atoms. The molecule has 0 spiro atoms. The predicted octanol–water partition coefficient (Wildman–Crippen LogP) is 2.59. The molecule has 2 aromatic rings. The van der Waals surface area contributed by atoms with Crippen molar-refractivity contribution < 1.29 is 9.90 Å². The first-order chi connectivity index (χ1) is 9.06. The second kappa shape index (κ2) is 5.39. The van der Waals surface area contributed by atoms with Crippen LogP contribution in [0.5, 0.6) is 0 Å². The highest BCUT2D eigenvalue weighted by atomic mass is 16.4. The highest BCUT2D eigenvalue weighted by molar-refractivity contribution is 5.88. The summed E-state index contributed by atoms with van der Waals surface area (Å²) in [4.78, 5) is 17.0. The number of hydrogen-bond acceptors (Lipinski definition) is 4. The molecule has 2 rings (SSSR count). The number of hydrogen-bond donors (Lipinski definition) is 2. The van der Waals surface area contributed by atoms with Gasteiger partial charge >= 0.3 is 5.97 Å². The molecule has 2 N–H and O–H groups in total. The summed E-state index contributed by atoms with van der Waals surface area (Å²) in [6.45, 7) is 0. The molecular weight excluding hydrogens is 242 g/mol. The fraction of sp³-hybridized carbons (Fsp3) is 0.143. The van der Waals surface area contributed by atoms with Gasteiger partial charge < -0.3 is 15.3 Å². The molecule has 0 aliphatic rings. The molecule has 5 nitrogen and oxygen atoms in total. The predicted molar refractivity (Wildman–Crippen MR) is 75.2 cm³/mol. The molecule has 19 heavy (non-hydrogen) atoms. The molecule has 0 aliphatic heterocycles. The van der Waals surface area contributed by atoms with Crippen molar-refractivity contribution in [2.75, 3.05) is 24.3 Å². The number of carboxylic acid groups (broad SMARTS) is 1. The van der Waals surface area contributed by atoms with Gasteiger partial charge in [0.05, 0.1) is 5.56 Å². The Morgan fingerprint density at radius 2 is 2.05 bits per heavy atom. The second-order valence-electron chi connectivity index (χ2n) is 4.30. The van der Waals surface area contributed by atoms with E-state index >= 15 is 0 Å². The molecule has 0 saturated heterocycles. The van der Waals surface area contributed by atoms with Gasteiger partial charge in [-0.15, -0.1) is 0 Å². The molecule has 1 aromatic carbocycles. The van der Waals surface area contributed by atoms with E-state index in [9.17, 15) is 4.79 Å². The molecular formula is C14H15N3O2. The van der Waals surface area contributed by atoms with E-state index in [1.807, 2.05) is 43.3 Å². The summed E-state index contributed by atoms with van der Waals surface area (Å²) in [7, 11) is 3.92. The number of anilines is 3. The van der Waals surface area contributed by atoms with Crippen LogP contribution in [-0.4, -0.2) is 30.2 Å². The van der Waals surface area contributed by atoms with Gasteiger partial charge in [0.25, 0.3) is 0 Å². The van der Waals surface area contributed by atoms with Crippen molar-refractivity contribution in [3.8, 4) is 0 Å². The number of nitrogens with one attached hydrogen (secondary N) is 1. The third-order valence-corrected chi connectivity index (χ3v) is 2.64. The molecule has 0 amide bonds. The molecule has 1 aromatic heterocycles. The minimum Gasteiger partial charge on any atom is -0.478 e. The van der Waals surface area contributed by atoms with Gasteiger partial charge in [-0.2, -0.15) is 0 Å². The lowest BCUT2D eigenvalue weighted by Gasteiger charge is -2.14. The summed E-state index contributed by atoms with van der Waals surface area (Å²) >= 11 is 0. The van der Waals surface area contributed by atoms with Gasteiger partial charge in [0.1, 0.15) is 5.82 Å². The smallest absolute Gasteiger partial charge is 0.335 e. The number of carbonyl (C=O) groups is 1. The largest absolute Gasteiger partial charge is 0.478 e. The lowest BCUT2D eigenvalue weighted by Crippen LogP contribution is -2.08. The number of aromatic carboxylic acids is 1. The van der Waals surface area contributed by atoms with E-state index in [0.29, 0.717) is 5.82 Å². The van der Waals surface area contributed by atoms with Crippen molar-refractivity contribution in [1.82, 2.24) is 4.98 Å². The zero-order chi connectivity index (χ0) is 13.8. The summed E-state index contributed by atoms with van der Waals surface area (Å²) < 4.78 is 0. The normalized spacial score (nSPS) is 10.0.